The van der Waals surface area contributed by atoms with Crippen LogP contribution in [-0.2, 0) is 29.4 Å². The van der Waals surface area contributed by atoms with E-state index in [1.807, 2.05) is 48.5 Å². The molecule has 19 heteroatoms. The molecule has 3 saturated heterocycles. The number of ether oxygens (including phenoxy) is 5. The van der Waals surface area contributed by atoms with Crippen LogP contribution in [0.3, 0.4) is 0 Å². The molecule has 3 N–H and O–H groups in total. The average molecular weight is 1190 g/mol. The molecule has 2 spiro atoms. The molecule has 3 unspecified atom stereocenters. The molecule has 11 aliphatic rings. The standard InChI is InChI=1S/C38H45F5O4S.C25H33F5O4/c1-32(2)22-46-35(47-23-32)17-14-30-31-27(13-16-34(30,44)21-35)29-15-18-36(45,37(39,40)38(41,42)43)33(29,3)19-28(31)25-9-11-26(12-10-25)48-20-24-7-5-4-6-8-24;1-18(2)13-32-21(33-14-18)10-11-22-17-5-7-19(3)16(15(17)4-8-20(22,12-21)34-22)6-9-23(19,31)24(26,27)25(28,29)30/h4-12,27-29,44-45H,13-23H2,1-3H3;5,15-16,31H,4,6-14H2,1-3H3/t27?,28-,29?,33+,34-,36+;15-,16-,19-,20?,22+,23-/m10/s1. The molecule has 454 valence electrons. The summed E-state index contributed by atoms with van der Waals surface area (Å²) < 4.78 is 174. The maximum absolute atomic E-state index is 15.4. The minimum atomic E-state index is -5.88. The molecule has 9 fully saturated rings. The van der Waals surface area contributed by atoms with Gasteiger partial charge in [-0.15, -0.1) is 11.8 Å². The number of fused-ring (bicyclic) bond motifs is 7. The van der Waals surface area contributed by atoms with Crippen molar-refractivity contribution in [3.8, 4) is 0 Å². The Hall–Kier alpha value is -2.75. The third-order valence-electron chi connectivity index (χ3n) is 22.8. The summed E-state index contributed by atoms with van der Waals surface area (Å²) in [5.41, 5.74) is -7.16. The summed E-state index contributed by atoms with van der Waals surface area (Å²) in [6.45, 7) is 13.4. The number of epoxide rings is 1. The van der Waals surface area contributed by atoms with Gasteiger partial charge in [0.2, 0.25) is 0 Å². The minimum Gasteiger partial charge on any atom is -0.385 e. The van der Waals surface area contributed by atoms with Crippen molar-refractivity contribution in [2.24, 2.45) is 45.3 Å². The summed E-state index contributed by atoms with van der Waals surface area (Å²) in [4.78, 5) is 1.01. The van der Waals surface area contributed by atoms with Crippen LogP contribution in [0.25, 0.3) is 0 Å². The fourth-order valence-corrected chi connectivity index (χ4v) is 19.0. The molecule has 8 nitrogen and oxygen atoms in total. The van der Waals surface area contributed by atoms with Crippen molar-refractivity contribution in [1.82, 2.24) is 0 Å². The third-order valence-corrected chi connectivity index (χ3v) is 23.8. The van der Waals surface area contributed by atoms with E-state index in [0.29, 0.717) is 84.2 Å². The van der Waals surface area contributed by atoms with Gasteiger partial charge in [-0.3, -0.25) is 0 Å². The Morgan fingerprint density at radius 3 is 1.68 bits per heavy atom. The molecule has 3 heterocycles. The highest BCUT2D eigenvalue weighted by atomic mass is 32.2. The summed E-state index contributed by atoms with van der Waals surface area (Å²) in [5.74, 6) is -13.3. The summed E-state index contributed by atoms with van der Waals surface area (Å²) in [6, 6.07) is 17.9. The predicted octanol–water partition coefficient (Wildman–Crippen LogP) is 14.7. The van der Waals surface area contributed by atoms with Gasteiger partial charge < -0.3 is 39.0 Å². The van der Waals surface area contributed by atoms with Crippen LogP contribution in [0.5, 0.6) is 0 Å². The monoisotopic (exact) mass is 1180 g/mol. The van der Waals surface area contributed by atoms with Crippen LogP contribution >= 0.6 is 11.8 Å². The van der Waals surface area contributed by atoms with Gasteiger partial charge in [-0.05, 0) is 135 Å². The van der Waals surface area contributed by atoms with Crippen LogP contribution in [0.2, 0.25) is 0 Å². The number of thioether (sulfide) groups is 1. The Bertz CT molecular complexity index is 2860. The van der Waals surface area contributed by atoms with Gasteiger partial charge in [0.05, 0.1) is 32.0 Å². The van der Waals surface area contributed by atoms with E-state index in [0.717, 1.165) is 32.9 Å². The molecule has 0 bridgehead atoms. The van der Waals surface area contributed by atoms with E-state index in [1.165, 1.54) is 19.4 Å². The minimum absolute atomic E-state index is 0.0147. The zero-order chi connectivity index (χ0) is 59.0. The fraction of sp³-hybridized carbons (Fsp3) is 0.746. The lowest BCUT2D eigenvalue weighted by Gasteiger charge is -2.59. The molecule has 0 radical (unpaired) electrons. The molecular formula is C63H78F10O8S. The lowest BCUT2D eigenvalue weighted by molar-refractivity contribution is -0.362. The molecule has 82 heavy (non-hydrogen) atoms. The SMILES string of the molecule is CC1(C)COC2(CCC3=C4C(CC[C@@]3(O)C2)C2CC[C@@](O)(C(F)(F)C(F)(F)F)[C@@]2(C)C[C@@H]4c2ccc(SCc3ccccc3)cc2)OC1.CC1(C)COC2(CC[C@]34OC3(CC[C@@H]3C4=CC[C@@]4(C)[C@H]3CC[C@@]4(O)C(F)(F)C(F)(F)F)C2)OC1. The van der Waals surface area contributed by atoms with E-state index in [4.69, 9.17) is 23.7 Å². The Kier molecular flexibility index (Phi) is 13.7. The zero-order valence-corrected chi connectivity index (χ0v) is 48.4. The Balaban J connectivity index is 0.000000172. The Morgan fingerprint density at radius 2 is 1.11 bits per heavy atom. The van der Waals surface area contributed by atoms with Gasteiger partial charge in [0.1, 0.15) is 22.4 Å². The van der Waals surface area contributed by atoms with E-state index < -0.39 is 105 Å². The van der Waals surface area contributed by atoms with E-state index in [1.54, 1.807) is 11.8 Å². The number of benzene rings is 2. The summed E-state index contributed by atoms with van der Waals surface area (Å²) in [7, 11) is 0. The van der Waals surface area contributed by atoms with Gasteiger partial charge in [0.25, 0.3) is 0 Å². The highest BCUT2D eigenvalue weighted by Crippen LogP contribution is 2.76. The van der Waals surface area contributed by atoms with Crippen LogP contribution < -0.4 is 0 Å². The van der Waals surface area contributed by atoms with Crippen LogP contribution in [0.15, 0.2) is 82.3 Å². The summed E-state index contributed by atoms with van der Waals surface area (Å²) in [5, 5.41) is 34.9. The normalized spacial score (nSPS) is 41.4. The van der Waals surface area contributed by atoms with Crippen molar-refractivity contribution >= 4 is 11.8 Å². The molecule has 0 aromatic heterocycles. The Morgan fingerprint density at radius 1 is 0.573 bits per heavy atom. The summed E-state index contributed by atoms with van der Waals surface area (Å²) in [6.07, 6.45) is -5.63. The van der Waals surface area contributed by atoms with E-state index >= 15 is 8.78 Å². The van der Waals surface area contributed by atoms with Gasteiger partial charge in [-0.1, -0.05) is 95.7 Å². The van der Waals surface area contributed by atoms with E-state index in [-0.39, 0.29) is 54.8 Å². The van der Waals surface area contributed by atoms with Crippen molar-refractivity contribution in [1.29, 1.82) is 0 Å². The van der Waals surface area contributed by atoms with E-state index in [9.17, 15) is 50.4 Å². The number of halogens is 10. The first-order valence-corrected chi connectivity index (χ1v) is 30.5. The quantitative estimate of drug-likeness (QED) is 0.113. The van der Waals surface area contributed by atoms with Crippen molar-refractivity contribution in [2.75, 3.05) is 26.4 Å². The maximum atomic E-state index is 15.4. The molecule has 8 aliphatic carbocycles. The molecule has 6 saturated carbocycles. The van der Waals surface area contributed by atoms with Gasteiger partial charge in [-0.25, -0.2) is 0 Å². The molecule has 2 aromatic carbocycles. The van der Waals surface area contributed by atoms with Crippen molar-refractivity contribution < 1.29 is 82.9 Å². The lowest BCUT2D eigenvalue weighted by atomic mass is 9.49. The molecule has 2 aromatic rings. The number of aliphatic hydroxyl groups is 3. The number of hydrogen-bond acceptors (Lipinski definition) is 9. The fourth-order valence-electron chi connectivity index (χ4n) is 18.2. The lowest BCUT2D eigenvalue weighted by Crippen LogP contribution is -2.65. The highest BCUT2D eigenvalue weighted by molar-refractivity contribution is 7.98. The number of allylic oxidation sites excluding steroid dienone is 2. The molecular weight excluding hydrogens is 1110 g/mol. The smallest absolute Gasteiger partial charge is 0.385 e. The predicted molar refractivity (Wildman–Crippen MR) is 285 cm³/mol. The molecule has 12 atom stereocenters. The second kappa shape index (κ2) is 18.9. The van der Waals surface area contributed by atoms with Crippen molar-refractivity contribution in [3.05, 3.63) is 88.5 Å². The third kappa shape index (κ3) is 8.70. The Labute approximate surface area is 477 Å². The first kappa shape index (κ1) is 59.6. The molecule has 0 amide bonds. The first-order chi connectivity index (χ1) is 38.0. The van der Waals surface area contributed by atoms with Gasteiger partial charge in [0, 0.05) is 63.9 Å². The largest absolute Gasteiger partial charge is 0.456 e. The second-order valence-electron chi connectivity index (χ2n) is 28.8. The molecule has 3 aliphatic heterocycles. The average Bonchev–Trinajstić information content (AvgIpc) is 2.38. The number of rotatable bonds is 6. The molecule has 13 rings (SSSR count). The first-order valence-electron chi connectivity index (χ1n) is 29.5. The second-order valence-corrected chi connectivity index (χ2v) is 29.8. The van der Waals surface area contributed by atoms with Crippen LogP contribution in [0.1, 0.15) is 161 Å². The van der Waals surface area contributed by atoms with Crippen LogP contribution in [0, 0.1) is 45.3 Å². The van der Waals surface area contributed by atoms with Crippen LogP contribution in [-0.4, -0.2) is 106 Å². The number of hydrogen-bond donors (Lipinski definition) is 3. The van der Waals surface area contributed by atoms with Crippen molar-refractivity contribution in [2.45, 2.75) is 225 Å². The highest BCUT2D eigenvalue weighted by Gasteiger charge is 2.83. The number of alkyl halides is 10. The van der Waals surface area contributed by atoms with E-state index in [2.05, 4.69) is 39.8 Å². The van der Waals surface area contributed by atoms with Gasteiger partial charge in [0.15, 0.2) is 11.6 Å². The zero-order valence-electron chi connectivity index (χ0n) is 47.6. The van der Waals surface area contributed by atoms with Crippen molar-refractivity contribution in [3.63, 3.8) is 0 Å². The van der Waals surface area contributed by atoms with Gasteiger partial charge in [-0.2, -0.15) is 43.9 Å². The van der Waals surface area contributed by atoms with Crippen LogP contribution in [0.4, 0.5) is 43.9 Å². The van der Waals surface area contributed by atoms with Gasteiger partial charge >= 0.3 is 24.2 Å². The summed E-state index contributed by atoms with van der Waals surface area (Å²) >= 11 is 1.66. The maximum Gasteiger partial charge on any atom is 0.456 e. The topological polar surface area (TPSA) is 110 Å².